The summed E-state index contributed by atoms with van der Waals surface area (Å²) < 4.78 is 5.40. The summed E-state index contributed by atoms with van der Waals surface area (Å²) in [5.41, 5.74) is 1.18. The molecule has 1 aromatic carbocycles. The van der Waals surface area contributed by atoms with Gasteiger partial charge in [0, 0.05) is 29.0 Å². The second-order valence-corrected chi connectivity index (χ2v) is 5.94. The molecule has 2 nitrogen and oxygen atoms in total. The Morgan fingerprint density at radius 1 is 1.50 bits per heavy atom. The van der Waals surface area contributed by atoms with E-state index in [9.17, 15) is 0 Å². The van der Waals surface area contributed by atoms with Crippen molar-refractivity contribution in [1.82, 2.24) is 4.90 Å². The second-order valence-electron chi connectivity index (χ2n) is 4.85. The van der Waals surface area contributed by atoms with Crippen molar-refractivity contribution >= 4 is 27.5 Å². The molecule has 0 spiro atoms. The van der Waals surface area contributed by atoms with Gasteiger partial charge in [0.25, 0.3) is 0 Å². The third-order valence-electron chi connectivity index (χ3n) is 3.46. The lowest BCUT2D eigenvalue weighted by atomic mass is 9.99. The largest absolute Gasteiger partial charge is 0.496 e. The zero-order valence-corrected chi connectivity index (χ0v) is 13.0. The van der Waals surface area contributed by atoms with E-state index in [2.05, 4.69) is 20.8 Å². The fourth-order valence-electron chi connectivity index (χ4n) is 2.53. The van der Waals surface area contributed by atoms with E-state index < -0.39 is 0 Å². The highest BCUT2D eigenvalue weighted by atomic mass is 79.9. The van der Waals surface area contributed by atoms with E-state index in [-0.39, 0.29) is 0 Å². The number of hydrogen-bond acceptors (Lipinski definition) is 2. The SMILES string of the molecule is COc1ccc(Cl)cc1CN1CCCC(CBr)C1. The van der Waals surface area contributed by atoms with Gasteiger partial charge in [0.2, 0.25) is 0 Å². The zero-order valence-electron chi connectivity index (χ0n) is 10.7. The van der Waals surface area contributed by atoms with Crippen LogP contribution >= 0.6 is 27.5 Å². The van der Waals surface area contributed by atoms with Gasteiger partial charge in [-0.15, -0.1) is 0 Å². The van der Waals surface area contributed by atoms with Crippen molar-refractivity contribution in [2.24, 2.45) is 5.92 Å². The molecule has 1 aliphatic heterocycles. The van der Waals surface area contributed by atoms with Gasteiger partial charge in [0.15, 0.2) is 0 Å². The lowest BCUT2D eigenvalue weighted by Gasteiger charge is -2.32. The maximum atomic E-state index is 6.07. The summed E-state index contributed by atoms with van der Waals surface area (Å²) in [5.74, 6) is 1.70. The molecule has 0 aromatic heterocycles. The van der Waals surface area contributed by atoms with Gasteiger partial charge < -0.3 is 4.74 Å². The number of piperidine rings is 1. The molecule has 0 saturated carbocycles. The topological polar surface area (TPSA) is 12.5 Å². The predicted octanol–water partition coefficient (Wildman–Crippen LogP) is 3.96. The molecule has 1 atom stereocenters. The number of halogens is 2. The number of nitrogens with zero attached hydrogens (tertiary/aromatic N) is 1. The summed E-state index contributed by atoms with van der Waals surface area (Å²) in [4.78, 5) is 2.49. The third-order valence-corrected chi connectivity index (χ3v) is 4.61. The number of ether oxygens (including phenoxy) is 1. The highest BCUT2D eigenvalue weighted by Gasteiger charge is 2.20. The van der Waals surface area contributed by atoms with E-state index in [1.165, 1.54) is 24.9 Å². The van der Waals surface area contributed by atoms with Crippen LogP contribution in [-0.4, -0.2) is 30.4 Å². The molecule has 0 radical (unpaired) electrons. The zero-order chi connectivity index (χ0) is 13.0. The van der Waals surface area contributed by atoms with Crippen LogP contribution < -0.4 is 4.74 Å². The molecule has 100 valence electrons. The van der Waals surface area contributed by atoms with Crippen LogP contribution in [0, 0.1) is 5.92 Å². The summed E-state index contributed by atoms with van der Waals surface area (Å²) in [5, 5.41) is 1.87. The molecule has 4 heteroatoms. The molecule has 0 aliphatic carbocycles. The summed E-state index contributed by atoms with van der Waals surface area (Å²) in [6, 6.07) is 5.84. The van der Waals surface area contributed by atoms with Crippen molar-refractivity contribution in [3.05, 3.63) is 28.8 Å². The Morgan fingerprint density at radius 3 is 3.06 bits per heavy atom. The first-order valence-electron chi connectivity index (χ1n) is 6.33. The van der Waals surface area contributed by atoms with Crippen LogP contribution in [0.15, 0.2) is 18.2 Å². The number of alkyl halides is 1. The van der Waals surface area contributed by atoms with Crippen molar-refractivity contribution in [2.75, 3.05) is 25.5 Å². The Balaban J connectivity index is 2.06. The average Bonchev–Trinajstić information content (AvgIpc) is 2.39. The summed E-state index contributed by atoms with van der Waals surface area (Å²) in [6.07, 6.45) is 2.60. The maximum absolute atomic E-state index is 6.07. The minimum atomic E-state index is 0.768. The first-order valence-corrected chi connectivity index (χ1v) is 7.83. The van der Waals surface area contributed by atoms with Crippen LogP contribution in [0.3, 0.4) is 0 Å². The van der Waals surface area contributed by atoms with Gasteiger partial charge in [-0.1, -0.05) is 27.5 Å². The Hall–Kier alpha value is -0.250. The fraction of sp³-hybridized carbons (Fsp3) is 0.571. The van der Waals surface area contributed by atoms with Crippen LogP contribution in [0.4, 0.5) is 0 Å². The van der Waals surface area contributed by atoms with Crippen LogP contribution in [0.1, 0.15) is 18.4 Å². The highest BCUT2D eigenvalue weighted by molar-refractivity contribution is 9.09. The Morgan fingerprint density at radius 2 is 2.33 bits per heavy atom. The molecule has 0 N–H and O–H groups in total. The molecule has 0 bridgehead atoms. The lowest BCUT2D eigenvalue weighted by Crippen LogP contribution is -2.35. The van der Waals surface area contributed by atoms with E-state index >= 15 is 0 Å². The van der Waals surface area contributed by atoms with Gasteiger partial charge in [-0.05, 0) is 43.5 Å². The van der Waals surface area contributed by atoms with Gasteiger partial charge >= 0.3 is 0 Å². The first kappa shape index (κ1) is 14.2. The molecule has 1 fully saturated rings. The van der Waals surface area contributed by atoms with Gasteiger partial charge in [-0.3, -0.25) is 4.90 Å². The van der Waals surface area contributed by atoms with E-state index in [0.29, 0.717) is 0 Å². The van der Waals surface area contributed by atoms with Crippen molar-refractivity contribution in [1.29, 1.82) is 0 Å². The number of benzene rings is 1. The molecule has 18 heavy (non-hydrogen) atoms. The number of methoxy groups -OCH3 is 1. The predicted molar refractivity (Wildman–Crippen MR) is 79.8 cm³/mol. The van der Waals surface area contributed by atoms with Gasteiger partial charge in [0.05, 0.1) is 7.11 Å². The Kier molecular flexibility index (Phi) is 5.34. The van der Waals surface area contributed by atoms with Crippen molar-refractivity contribution in [2.45, 2.75) is 19.4 Å². The van der Waals surface area contributed by atoms with Crippen LogP contribution in [0.2, 0.25) is 5.02 Å². The molecule has 1 unspecified atom stereocenters. The highest BCUT2D eigenvalue weighted by Crippen LogP contribution is 2.26. The molecule has 1 saturated heterocycles. The maximum Gasteiger partial charge on any atom is 0.123 e. The molecular formula is C14H19BrClNO. The monoisotopic (exact) mass is 331 g/mol. The van der Waals surface area contributed by atoms with Crippen molar-refractivity contribution in [3.8, 4) is 5.75 Å². The van der Waals surface area contributed by atoms with E-state index in [0.717, 1.165) is 35.1 Å². The summed E-state index contributed by atoms with van der Waals surface area (Å²) in [6.45, 7) is 3.24. The van der Waals surface area contributed by atoms with Gasteiger partial charge in [-0.25, -0.2) is 0 Å². The lowest BCUT2D eigenvalue weighted by molar-refractivity contribution is 0.177. The molecule has 1 aliphatic rings. The molecular weight excluding hydrogens is 314 g/mol. The number of likely N-dealkylation sites (tertiary alicyclic amines) is 1. The van der Waals surface area contributed by atoms with Crippen LogP contribution in [0.25, 0.3) is 0 Å². The Bertz CT molecular complexity index is 399. The molecule has 0 amide bonds. The summed E-state index contributed by atoms with van der Waals surface area (Å²) in [7, 11) is 1.71. The van der Waals surface area contributed by atoms with E-state index in [1.54, 1.807) is 7.11 Å². The third kappa shape index (κ3) is 3.62. The number of rotatable bonds is 4. The van der Waals surface area contributed by atoms with Crippen LogP contribution in [0.5, 0.6) is 5.75 Å². The second kappa shape index (κ2) is 6.78. The summed E-state index contributed by atoms with van der Waals surface area (Å²) >= 11 is 9.66. The van der Waals surface area contributed by atoms with E-state index in [4.69, 9.17) is 16.3 Å². The Labute approximate surface area is 122 Å². The van der Waals surface area contributed by atoms with Crippen molar-refractivity contribution in [3.63, 3.8) is 0 Å². The van der Waals surface area contributed by atoms with Crippen molar-refractivity contribution < 1.29 is 4.74 Å². The quantitative estimate of drug-likeness (QED) is 0.774. The standard InChI is InChI=1S/C14H19BrClNO/c1-18-14-5-4-13(16)7-12(14)10-17-6-2-3-11(8-15)9-17/h4-5,7,11H,2-3,6,8-10H2,1H3. The number of hydrogen-bond donors (Lipinski definition) is 0. The van der Waals surface area contributed by atoms with Crippen LogP contribution in [-0.2, 0) is 6.54 Å². The molecule has 1 heterocycles. The van der Waals surface area contributed by atoms with E-state index in [1.807, 2.05) is 18.2 Å². The van der Waals surface area contributed by atoms with Gasteiger partial charge in [-0.2, -0.15) is 0 Å². The average molecular weight is 333 g/mol. The smallest absolute Gasteiger partial charge is 0.123 e. The minimum Gasteiger partial charge on any atom is -0.496 e. The normalized spacial score (nSPS) is 20.9. The van der Waals surface area contributed by atoms with Gasteiger partial charge in [0.1, 0.15) is 5.75 Å². The first-order chi connectivity index (χ1) is 8.72. The molecule has 1 aromatic rings. The molecule has 2 rings (SSSR count). The fourth-order valence-corrected chi connectivity index (χ4v) is 3.26. The minimum absolute atomic E-state index is 0.768.